The van der Waals surface area contributed by atoms with Crippen molar-refractivity contribution in [1.82, 2.24) is 0 Å². The second-order valence-electron chi connectivity index (χ2n) is 5.41. The van der Waals surface area contributed by atoms with Gasteiger partial charge in [0.05, 0.1) is 0 Å². The van der Waals surface area contributed by atoms with Crippen molar-refractivity contribution in [2.45, 2.75) is 31.8 Å². The molecule has 2 rings (SSSR count). The summed E-state index contributed by atoms with van der Waals surface area (Å²) >= 11 is 1.97. The van der Waals surface area contributed by atoms with Gasteiger partial charge in [-0.2, -0.15) is 26.3 Å². The van der Waals surface area contributed by atoms with Crippen LogP contribution >= 0.6 is 22.7 Å². The van der Waals surface area contributed by atoms with Gasteiger partial charge in [0.1, 0.15) is 0 Å². The summed E-state index contributed by atoms with van der Waals surface area (Å²) in [6, 6.07) is 4.01. The minimum absolute atomic E-state index is 0.192. The SMILES string of the molecule is C/C=C\C=C(/C)c1sc(-c2cccs2)cc1C(O)(C(F)(F)F)C(F)(F)F. The summed E-state index contributed by atoms with van der Waals surface area (Å²) in [7, 11) is 0. The summed E-state index contributed by atoms with van der Waals surface area (Å²) in [5, 5.41) is 11.5. The molecule has 0 aromatic carbocycles. The summed E-state index contributed by atoms with van der Waals surface area (Å²) in [6.07, 6.45) is -7.34. The van der Waals surface area contributed by atoms with Gasteiger partial charge >= 0.3 is 12.4 Å². The molecule has 0 radical (unpaired) electrons. The van der Waals surface area contributed by atoms with Crippen LogP contribution in [0.4, 0.5) is 26.3 Å². The molecule has 0 bridgehead atoms. The molecule has 0 amide bonds. The van der Waals surface area contributed by atoms with Gasteiger partial charge in [-0.25, -0.2) is 0 Å². The summed E-state index contributed by atoms with van der Waals surface area (Å²) < 4.78 is 80.0. The van der Waals surface area contributed by atoms with Crippen molar-refractivity contribution in [3.05, 3.63) is 52.2 Å². The van der Waals surface area contributed by atoms with Gasteiger partial charge in [0.25, 0.3) is 5.60 Å². The largest absolute Gasteiger partial charge is 0.430 e. The van der Waals surface area contributed by atoms with E-state index in [1.807, 2.05) is 0 Å². The zero-order valence-corrected chi connectivity index (χ0v) is 15.2. The Bertz CT molecular complexity index is 795. The topological polar surface area (TPSA) is 20.2 Å². The van der Waals surface area contributed by atoms with E-state index in [2.05, 4.69) is 0 Å². The molecular weight excluding hydrogens is 398 g/mol. The van der Waals surface area contributed by atoms with Crippen LogP contribution in [0, 0.1) is 0 Å². The predicted octanol–water partition coefficient (Wildman–Crippen LogP) is 6.77. The molecule has 0 unspecified atom stereocenters. The lowest BCUT2D eigenvalue weighted by atomic mass is 9.90. The van der Waals surface area contributed by atoms with Gasteiger partial charge in [-0.1, -0.05) is 24.3 Å². The summed E-state index contributed by atoms with van der Waals surface area (Å²) in [6.45, 7) is 3.07. The van der Waals surface area contributed by atoms with E-state index in [1.54, 1.807) is 30.5 Å². The van der Waals surface area contributed by atoms with Crippen LogP contribution in [0.25, 0.3) is 15.3 Å². The van der Waals surface area contributed by atoms with E-state index in [0.29, 0.717) is 4.88 Å². The van der Waals surface area contributed by atoms with Crippen LogP contribution in [-0.4, -0.2) is 17.5 Å². The first-order chi connectivity index (χ1) is 11.9. The van der Waals surface area contributed by atoms with Crippen molar-refractivity contribution in [3.63, 3.8) is 0 Å². The average Bonchev–Trinajstić information content (AvgIpc) is 3.18. The first-order valence-corrected chi connectivity index (χ1v) is 8.97. The van der Waals surface area contributed by atoms with E-state index in [-0.39, 0.29) is 15.3 Å². The molecule has 2 aromatic rings. The van der Waals surface area contributed by atoms with Gasteiger partial charge < -0.3 is 5.11 Å². The van der Waals surface area contributed by atoms with E-state index < -0.39 is 23.5 Å². The number of halogens is 6. The number of hydrogen-bond donors (Lipinski definition) is 1. The van der Waals surface area contributed by atoms with Gasteiger partial charge in [0, 0.05) is 20.2 Å². The molecule has 26 heavy (non-hydrogen) atoms. The number of hydrogen-bond acceptors (Lipinski definition) is 3. The Morgan fingerprint density at radius 1 is 1.08 bits per heavy atom. The Balaban J connectivity index is 2.80. The molecule has 1 nitrogen and oxygen atoms in total. The Labute approximate surface area is 153 Å². The zero-order chi connectivity index (χ0) is 19.8. The smallest absolute Gasteiger partial charge is 0.369 e. The lowest BCUT2D eigenvalue weighted by Crippen LogP contribution is -2.54. The molecule has 0 aliphatic heterocycles. The molecule has 0 spiro atoms. The van der Waals surface area contributed by atoms with Crippen molar-refractivity contribution in [2.24, 2.45) is 0 Å². The average molecular weight is 412 g/mol. The van der Waals surface area contributed by atoms with Crippen molar-refractivity contribution >= 4 is 28.2 Å². The molecular formula is C17H14F6OS2. The van der Waals surface area contributed by atoms with Crippen LogP contribution in [0.3, 0.4) is 0 Å². The summed E-state index contributed by atoms with van der Waals surface area (Å²) in [5.41, 5.74) is -5.96. The molecule has 0 saturated heterocycles. The van der Waals surface area contributed by atoms with Crippen molar-refractivity contribution in [2.75, 3.05) is 0 Å². The van der Waals surface area contributed by atoms with Gasteiger partial charge in [0.15, 0.2) is 0 Å². The Hall–Kier alpha value is -1.58. The van der Waals surface area contributed by atoms with Gasteiger partial charge in [-0.15, -0.1) is 22.7 Å². The van der Waals surface area contributed by atoms with E-state index in [9.17, 15) is 31.4 Å². The molecule has 0 aliphatic carbocycles. The molecule has 0 fully saturated rings. The fourth-order valence-corrected chi connectivity index (χ4v) is 4.29. The van der Waals surface area contributed by atoms with E-state index in [0.717, 1.165) is 17.4 Å². The van der Waals surface area contributed by atoms with Crippen LogP contribution in [0.15, 0.2) is 41.8 Å². The Morgan fingerprint density at radius 3 is 2.15 bits per heavy atom. The van der Waals surface area contributed by atoms with E-state index in [1.165, 1.54) is 30.4 Å². The highest BCUT2D eigenvalue weighted by Crippen LogP contribution is 2.54. The molecule has 142 valence electrons. The van der Waals surface area contributed by atoms with Crippen LogP contribution in [0.2, 0.25) is 0 Å². The first kappa shape index (κ1) is 20.7. The van der Waals surface area contributed by atoms with Crippen LogP contribution < -0.4 is 0 Å². The lowest BCUT2D eigenvalue weighted by molar-refractivity contribution is -0.376. The highest BCUT2D eigenvalue weighted by Gasteiger charge is 2.72. The maximum atomic E-state index is 13.3. The summed E-state index contributed by atoms with van der Waals surface area (Å²) in [4.78, 5) is 0.488. The number of allylic oxidation sites excluding steroid dienone is 4. The lowest BCUT2D eigenvalue weighted by Gasteiger charge is -2.32. The fourth-order valence-electron chi connectivity index (χ4n) is 2.28. The molecule has 0 aliphatic rings. The maximum Gasteiger partial charge on any atom is 0.430 e. The molecule has 0 atom stereocenters. The molecule has 2 aromatic heterocycles. The fraction of sp³-hybridized carbons (Fsp3) is 0.294. The number of aliphatic hydroxyl groups is 1. The van der Waals surface area contributed by atoms with Gasteiger partial charge in [-0.05, 0) is 36.9 Å². The highest BCUT2D eigenvalue weighted by atomic mass is 32.1. The normalized spacial score (nSPS) is 14.4. The molecule has 0 saturated carbocycles. The minimum Gasteiger partial charge on any atom is -0.369 e. The van der Waals surface area contributed by atoms with Crippen molar-refractivity contribution < 1.29 is 31.4 Å². The first-order valence-electron chi connectivity index (χ1n) is 7.27. The maximum absolute atomic E-state index is 13.3. The van der Waals surface area contributed by atoms with Crippen molar-refractivity contribution in [3.8, 4) is 9.75 Å². The molecule has 2 heterocycles. The third kappa shape index (κ3) is 3.60. The monoisotopic (exact) mass is 412 g/mol. The number of alkyl halides is 6. The number of rotatable bonds is 4. The third-order valence-corrected chi connectivity index (χ3v) is 5.94. The van der Waals surface area contributed by atoms with Crippen LogP contribution in [0.1, 0.15) is 24.3 Å². The van der Waals surface area contributed by atoms with E-state index in [4.69, 9.17) is 0 Å². The third-order valence-electron chi connectivity index (χ3n) is 3.60. The van der Waals surface area contributed by atoms with Gasteiger partial charge in [-0.3, -0.25) is 0 Å². The minimum atomic E-state index is -5.92. The second kappa shape index (κ2) is 7.21. The second-order valence-corrected chi connectivity index (χ2v) is 7.41. The standard InChI is InChI=1S/C17H14F6OS2/c1-3-4-6-10(2)14-11(9-13(26-14)12-7-5-8-25-12)15(24,16(18,19)20)17(21,22)23/h3-9,24H,1-2H3/b4-3-,10-6+. The Morgan fingerprint density at radius 2 is 1.69 bits per heavy atom. The van der Waals surface area contributed by atoms with Crippen LogP contribution in [0.5, 0.6) is 0 Å². The predicted molar refractivity (Wildman–Crippen MR) is 92.1 cm³/mol. The molecule has 9 heteroatoms. The summed E-state index contributed by atoms with van der Waals surface area (Å²) in [5.74, 6) is 0. The zero-order valence-electron chi connectivity index (χ0n) is 13.6. The van der Waals surface area contributed by atoms with Gasteiger partial charge in [0.2, 0.25) is 0 Å². The van der Waals surface area contributed by atoms with Crippen LogP contribution in [-0.2, 0) is 5.60 Å². The highest BCUT2D eigenvalue weighted by molar-refractivity contribution is 7.22. The quantitative estimate of drug-likeness (QED) is 0.434. The molecule has 1 N–H and O–H groups in total. The van der Waals surface area contributed by atoms with Crippen molar-refractivity contribution in [1.29, 1.82) is 0 Å². The Kier molecular flexibility index (Phi) is 5.74. The number of thiophene rings is 2. The van der Waals surface area contributed by atoms with E-state index >= 15 is 0 Å².